The molecule has 1 fully saturated rings. The van der Waals surface area contributed by atoms with Gasteiger partial charge in [0.25, 0.3) is 0 Å². The molecular weight excluding hydrogens is 266 g/mol. The molecule has 1 heterocycles. The van der Waals surface area contributed by atoms with E-state index >= 15 is 0 Å². The standard InChI is InChI=1S/C17H25NO3/c1-20-13-17(19)18-10-4-6-15(12-18)9-8-14-5-3-7-16(11-14)21-2/h3,5,7,11,15H,4,6,8-10,12-13H2,1-2H3/t15-/m1/s1. The van der Waals surface area contributed by atoms with Crippen molar-refractivity contribution in [1.82, 2.24) is 4.90 Å². The van der Waals surface area contributed by atoms with Crippen LogP contribution in [0.25, 0.3) is 0 Å². The van der Waals surface area contributed by atoms with Crippen LogP contribution in [0.4, 0.5) is 0 Å². The first kappa shape index (κ1) is 15.8. The maximum Gasteiger partial charge on any atom is 0.248 e. The number of ether oxygens (including phenoxy) is 2. The lowest BCUT2D eigenvalue weighted by Crippen LogP contribution is -2.41. The Balaban J connectivity index is 1.83. The van der Waals surface area contributed by atoms with Crippen molar-refractivity contribution in [1.29, 1.82) is 0 Å². The van der Waals surface area contributed by atoms with E-state index in [1.54, 1.807) is 14.2 Å². The third kappa shape index (κ3) is 4.74. The van der Waals surface area contributed by atoms with Gasteiger partial charge < -0.3 is 14.4 Å². The van der Waals surface area contributed by atoms with Crippen molar-refractivity contribution in [3.05, 3.63) is 29.8 Å². The summed E-state index contributed by atoms with van der Waals surface area (Å²) in [7, 11) is 3.27. The Labute approximate surface area is 127 Å². The molecule has 0 aliphatic carbocycles. The van der Waals surface area contributed by atoms with E-state index in [0.29, 0.717) is 5.92 Å². The second kappa shape index (κ2) is 8.03. The minimum absolute atomic E-state index is 0.114. The summed E-state index contributed by atoms with van der Waals surface area (Å²) in [5.74, 6) is 1.61. The molecule has 1 aliphatic heterocycles. The molecule has 0 saturated carbocycles. The molecule has 4 heteroatoms. The van der Waals surface area contributed by atoms with E-state index in [0.717, 1.165) is 38.1 Å². The number of carbonyl (C=O) groups excluding carboxylic acids is 1. The van der Waals surface area contributed by atoms with Gasteiger partial charge in [-0.05, 0) is 49.3 Å². The van der Waals surface area contributed by atoms with Crippen molar-refractivity contribution in [2.75, 3.05) is 33.9 Å². The normalized spacial score (nSPS) is 18.6. The van der Waals surface area contributed by atoms with Crippen LogP contribution in [0.2, 0.25) is 0 Å². The third-order valence-electron chi connectivity index (χ3n) is 4.11. The number of benzene rings is 1. The Bertz CT molecular complexity index is 461. The highest BCUT2D eigenvalue weighted by Gasteiger charge is 2.23. The Hall–Kier alpha value is -1.55. The summed E-state index contributed by atoms with van der Waals surface area (Å²) in [5, 5.41) is 0. The summed E-state index contributed by atoms with van der Waals surface area (Å²) >= 11 is 0. The molecule has 1 saturated heterocycles. The summed E-state index contributed by atoms with van der Waals surface area (Å²) in [6.45, 7) is 1.94. The van der Waals surface area contributed by atoms with Crippen LogP contribution in [0.1, 0.15) is 24.8 Å². The van der Waals surface area contributed by atoms with Crippen molar-refractivity contribution in [3.8, 4) is 5.75 Å². The molecule has 1 aromatic carbocycles. The zero-order valence-corrected chi connectivity index (χ0v) is 13.0. The number of amides is 1. The number of nitrogens with zero attached hydrogens (tertiary/aromatic N) is 1. The number of piperidine rings is 1. The number of hydrogen-bond acceptors (Lipinski definition) is 3. The summed E-state index contributed by atoms with van der Waals surface area (Å²) in [5.41, 5.74) is 1.30. The zero-order chi connectivity index (χ0) is 15.1. The molecule has 0 bridgehead atoms. The Morgan fingerprint density at radius 2 is 2.24 bits per heavy atom. The highest BCUT2D eigenvalue weighted by molar-refractivity contribution is 5.77. The van der Waals surface area contributed by atoms with Crippen molar-refractivity contribution < 1.29 is 14.3 Å². The predicted molar refractivity (Wildman–Crippen MR) is 82.5 cm³/mol. The fourth-order valence-corrected chi connectivity index (χ4v) is 2.94. The van der Waals surface area contributed by atoms with Crippen LogP contribution in [0, 0.1) is 5.92 Å². The minimum atomic E-state index is 0.114. The number of hydrogen-bond donors (Lipinski definition) is 0. The average Bonchev–Trinajstić information content (AvgIpc) is 2.53. The Morgan fingerprint density at radius 1 is 1.38 bits per heavy atom. The summed E-state index contributed by atoms with van der Waals surface area (Å²) in [6, 6.07) is 8.23. The lowest BCUT2D eigenvalue weighted by molar-refractivity contribution is -0.137. The minimum Gasteiger partial charge on any atom is -0.497 e. The molecule has 0 N–H and O–H groups in total. The molecule has 4 nitrogen and oxygen atoms in total. The summed E-state index contributed by atoms with van der Waals surface area (Å²) in [4.78, 5) is 13.8. The summed E-state index contributed by atoms with van der Waals surface area (Å²) in [6.07, 6.45) is 4.46. The first-order valence-electron chi connectivity index (χ1n) is 7.62. The smallest absolute Gasteiger partial charge is 0.248 e. The van der Waals surface area contributed by atoms with Gasteiger partial charge in [0.1, 0.15) is 12.4 Å². The van der Waals surface area contributed by atoms with Gasteiger partial charge in [0.15, 0.2) is 0 Å². The predicted octanol–water partition coefficient (Wildman–Crippen LogP) is 2.51. The van der Waals surface area contributed by atoms with E-state index in [-0.39, 0.29) is 12.5 Å². The molecule has 1 amide bonds. The first-order chi connectivity index (χ1) is 10.2. The first-order valence-corrected chi connectivity index (χ1v) is 7.62. The topological polar surface area (TPSA) is 38.8 Å². The highest BCUT2D eigenvalue weighted by Crippen LogP contribution is 2.23. The molecule has 2 rings (SSSR count). The Morgan fingerprint density at radius 3 is 3.00 bits per heavy atom. The highest BCUT2D eigenvalue weighted by atomic mass is 16.5. The molecule has 0 spiro atoms. The van der Waals surface area contributed by atoms with E-state index < -0.39 is 0 Å². The van der Waals surface area contributed by atoms with E-state index in [1.165, 1.54) is 12.0 Å². The van der Waals surface area contributed by atoms with Gasteiger partial charge >= 0.3 is 0 Å². The number of likely N-dealkylation sites (tertiary alicyclic amines) is 1. The van der Waals surface area contributed by atoms with Gasteiger partial charge in [-0.25, -0.2) is 0 Å². The lowest BCUT2D eigenvalue weighted by Gasteiger charge is -2.32. The Kier molecular flexibility index (Phi) is 6.05. The van der Waals surface area contributed by atoms with E-state index in [1.807, 2.05) is 17.0 Å². The van der Waals surface area contributed by atoms with Gasteiger partial charge in [0, 0.05) is 20.2 Å². The fourth-order valence-electron chi connectivity index (χ4n) is 2.94. The van der Waals surface area contributed by atoms with Crippen molar-refractivity contribution in [2.45, 2.75) is 25.7 Å². The van der Waals surface area contributed by atoms with Crippen molar-refractivity contribution >= 4 is 5.91 Å². The number of aryl methyl sites for hydroxylation is 1. The molecule has 1 aliphatic rings. The van der Waals surface area contributed by atoms with E-state index in [2.05, 4.69) is 12.1 Å². The van der Waals surface area contributed by atoms with Gasteiger partial charge in [-0.3, -0.25) is 4.79 Å². The van der Waals surface area contributed by atoms with Crippen molar-refractivity contribution in [2.24, 2.45) is 5.92 Å². The van der Waals surface area contributed by atoms with Crippen LogP contribution in [-0.2, 0) is 16.0 Å². The van der Waals surface area contributed by atoms with Crippen LogP contribution >= 0.6 is 0 Å². The maximum atomic E-state index is 11.9. The van der Waals surface area contributed by atoms with Gasteiger partial charge in [-0.15, -0.1) is 0 Å². The molecule has 116 valence electrons. The number of methoxy groups -OCH3 is 2. The molecule has 1 atom stereocenters. The SMILES string of the molecule is COCC(=O)N1CCC[C@H](CCc2cccc(OC)c2)C1. The van der Waals surface area contributed by atoms with Crippen LogP contribution in [0.15, 0.2) is 24.3 Å². The molecule has 1 aromatic rings. The molecule has 0 radical (unpaired) electrons. The number of carbonyl (C=O) groups is 1. The zero-order valence-electron chi connectivity index (χ0n) is 13.0. The second-order valence-corrected chi connectivity index (χ2v) is 5.67. The third-order valence-corrected chi connectivity index (χ3v) is 4.11. The van der Waals surface area contributed by atoms with Crippen molar-refractivity contribution in [3.63, 3.8) is 0 Å². The van der Waals surface area contributed by atoms with Gasteiger partial charge in [-0.2, -0.15) is 0 Å². The van der Waals surface area contributed by atoms with Gasteiger partial charge in [-0.1, -0.05) is 12.1 Å². The largest absolute Gasteiger partial charge is 0.497 e. The maximum absolute atomic E-state index is 11.9. The summed E-state index contributed by atoms with van der Waals surface area (Å²) < 4.78 is 10.2. The monoisotopic (exact) mass is 291 g/mol. The van der Waals surface area contributed by atoms with E-state index in [9.17, 15) is 4.79 Å². The molecular formula is C17H25NO3. The quantitative estimate of drug-likeness (QED) is 0.808. The van der Waals surface area contributed by atoms with Crippen LogP contribution in [0.3, 0.4) is 0 Å². The van der Waals surface area contributed by atoms with Gasteiger partial charge in [0.05, 0.1) is 7.11 Å². The van der Waals surface area contributed by atoms with E-state index in [4.69, 9.17) is 9.47 Å². The second-order valence-electron chi connectivity index (χ2n) is 5.67. The van der Waals surface area contributed by atoms with Crippen LogP contribution < -0.4 is 4.74 Å². The molecule has 0 aromatic heterocycles. The molecule has 0 unspecified atom stereocenters. The fraction of sp³-hybridized carbons (Fsp3) is 0.588. The average molecular weight is 291 g/mol. The number of rotatable bonds is 6. The van der Waals surface area contributed by atoms with Crippen LogP contribution in [-0.4, -0.2) is 44.7 Å². The lowest BCUT2D eigenvalue weighted by atomic mass is 9.91. The van der Waals surface area contributed by atoms with Gasteiger partial charge in [0.2, 0.25) is 5.91 Å². The van der Waals surface area contributed by atoms with Crippen LogP contribution in [0.5, 0.6) is 5.75 Å². The molecule has 21 heavy (non-hydrogen) atoms.